The number of benzene rings is 1. The number of ether oxygens (including phenoxy) is 2. The first-order valence-corrected chi connectivity index (χ1v) is 6.48. The fraction of sp³-hybridized carbons (Fsp3) is 0.143. The van der Waals surface area contributed by atoms with Crippen LogP contribution in [-0.2, 0) is 11.3 Å². The molecule has 0 radical (unpaired) electrons. The van der Waals surface area contributed by atoms with E-state index in [1.165, 1.54) is 13.2 Å². The lowest BCUT2D eigenvalue weighted by molar-refractivity contribution is 0.0561. The van der Waals surface area contributed by atoms with Crippen molar-refractivity contribution in [2.45, 2.75) is 6.61 Å². The van der Waals surface area contributed by atoms with Crippen LogP contribution in [0.1, 0.15) is 26.7 Å². The van der Waals surface area contributed by atoms with Crippen LogP contribution in [0.25, 0.3) is 0 Å². The molecule has 5 nitrogen and oxygen atoms in total. The molecule has 0 unspecified atom stereocenters. The number of rotatable bonds is 5. The number of hydrogen-bond donors (Lipinski definition) is 0. The number of carbonyl (C=O) groups is 2. The zero-order valence-corrected chi connectivity index (χ0v) is 12.2. The summed E-state index contributed by atoms with van der Waals surface area (Å²) in [5.41, 5.74) is 0.551. The number of methoxy groups -OCH3 is 1. The monoisotopic (exact) mass is 338 g/mol. The lowest BCUT2D eigenvalue weighted by Gasteiger charge is -2.06. The summed E-state index contributed by atoms with van der Waals surface area (Å²) < 4.78 is 16.0. The van der Waals surface area contributed by atoms with Crippen molar-refractivity contribution in [3.05, 3.63) is 51.9 Å². The molecular weight excluding hydrogens is 328 g/mol. The average Bonchev–Trinajstić information content (AvgIpc) is 2.94. The largest absolute Gasteiger partial charge is 0.484 e. The van der Waals surface area contributed by atoms with E-state index >= 15 is 0 Å². The first-order valence-electron chi connectivity index (χ1n) is 5.68. The molecule has 2 rings (SSSR count). The minimum atomic E-state index is -0.534. The first kappa shape index (κ1) is 14.3. The van der Waals surface area contributed by atoms with Gasteiger partial charge in [0.15, 0.2) is 0 Å². The van der Waals surface area contributed by atoms with E-state index in [1.54, 1.807) is 24.3 Å². The van der Waals surface area contributed by atoms with Gasteiger partial charge in [0.1, 0.15) is 24.4 Å². The van der Waals surface area contributed by atoms with E-state index in [9.17, 15) is 9.59 Å². The van der Waals surface area contributed by atoms with E-state index in [4.69, 9.17) is 9.15 Å². The van der Waals surface area contributed by atoms with Gasteiger partial charge in [0.05, 0.1) is 11.6 Å². The number of esters is 1. The van der Waals surface area contributed by atoms with Crippen molar-refractivity contribution in [2.24, 2.45) is 0 Å². The molecule has 0 bridgehead atoms. The summed E-state index contributed by atoms with van der Waals surface area (Å²) in [6, 6.07) is 8.15. The summed E-state index contributed by atoms with van der Waals surface area (Å²) in [6.45, 7) is 0.163. The maximum atomic E-state index is 11.2. The van der Waals surface area contributed by atoms with Gasteiger partial charge in [-0.1, -0.05) is 0 Å². The van der Waals surface area contributed by atoms with Crippen LogP contribution >= 0.6 is 15.9 Å². The van der Waals surface area contributed by atoms with Gasteiger partial charge in [-0.3, -0.25) is 4.79 Å². The van der Waals surface area contributed by atoms with E-state index in [0.717, 1.165) is 6.29 Å². The SMILES string of the molecule is COC(=O)c1ccc(COc2ccc(C=O)cc2Br)o1. The number of hydrogen-bond acceptors (Lipinski definition) is 5. The molecule has 0 atom stereocenters. The molecular formula is C14H11BrO5. The van der Waals surface area contributed by atoms with Crippen LogP contribution in [0.4, 0.5) is 0 Å². The third-order valence-electron chi connectivity index (χ3n) is 2.51. The number of halogens is 1. The molecule has 0 fully saturated rings. The Morgan fingerprint density at radius 1 is 1.35 bits per heavy atom. The van der Waals surface area contributed by atoms with Gasteiger partial charge in [-0.25, -0.2) is 4.79 Å². The van der Waals surface area contributed by atoms with Crippen molar-refractivity contribution in [1.82, 2.24) is 0 Å². The topological polar surface area (TPSA) is 65.7 Å². The molecule has 20 heavy (non-hydrogen) atoms. The molecule has 104 valence electrons. The van der Waals surface area contributed by atoms with E-state index in [2.05, 4.69) is 20.7 Å². The summed E-state index contributed by atoms with van der Waals surface area (Å²) in [6.07, 6.45) is 0.754. The van der Waals surface area contributed by atoms with Crippen LogP contribution < -0.4 is 4.74 Å². The molecule has 0 aliphatic rings. The highest BCUT2D eigenvalue weighted by molar-refractivity contribution is 9.10. The second kappa shape index (κ2) is 6.38. The average molecular weight is 339 g/mol. The highest BCUT2D eigenvalue weighted by Crippen LogP contribution is 2.26. The fourth-order valence-corrected chi connectivity index (χ4v) is 2.03. The minimum absolute atomic E-state index is 0.126. The molecule has 6 heteroatoms. The zero-order valence-electron chi connectivity index (χ0n) is 10.6. The molecule has 1 heterocycles. The van der Waals surface area contributed by atoms with Gasteiger partial charge >= 0.3 is 5.97 Å². The lowest BCUT2D eigenvalue weighted by atomic mass is 10.2. The van der Waals surface area contributed by atoms with Gasteiger partial charge in [-0.05, 0) is 46.3 Å². The van der Waals surface area contributed by atoms with Crippen molar-refractivity contribution in [3.63, 3.8) is 0 Å². The van der Waals surface area contributed by atoms with E-state index in [-0.39, 0.29) is 12.4 Å². The van der Waals surface area contributed by atoms with Gasteiger partial charge in [0, 0.05) is 5.56 Å². The molecule has 0 amide bonds. The Morgan fingerprint density at radius 3 is 2.80 bits per heavy atom. The van der Waals surface area contributed by atoms with Crippen LogP contribution in [0.3, 0.4) is 0 Å². The second-order valence-corrected chi connectivity index (χ2v) is 4.71. The maximum Gasteiger partial charge on any atom is 0.373 e. The lowest BCUT2D eigenvalue weighted by Crippen LogP contribution is -1.99. The Kier molecular flexibility index (Phi) is 4.57. The van der Waals surface area contributed by atoms with Crippen LogP contribution in [-0.4, -0.2) is 19.4 Å². The molecule has 1 aromatic heterocycles. The van der Waals surface area contributed by atoms with Gasteiger partial charge in [-0.15, -0.1) is 0 Å². The Balaban J connectivity index is 2.03. The van der Waals surface area contributed by atoms with Crippen molar-refractivity contribution >= 4 is 28.2 Å². The van der Waals surface area contributed by atoms with E-state index in [0.29, 0.717) is 21.5 Å². The fourth-order valence-electron chi connectivity index (χ4n) is 1.52. The van der Waals surface area contributed by atoms with E-state index < -0.39 is 5.97 Å². The Hall–Kier alpha value is -2.08. The molecule has 0 aliphatic heterocycles. The number of carbonyl (C=O) groups excluding carboxylic acids is 2. The molecule has 0 saturated heterocycles. The number of furan rings is 1. The van der Waals surface area contributed by atoms with Crippen LogP contribution in [0.15, 0.2) is 39.2 Å². The van der Waals surface area contributed by atoms with Gasteiger partial charge in [0.2, 0.25) is 5.76 Å². The Bertz CT molecular complexity index is 632. The van der Waals surface area contributed by atoms with Crippen molar-refractivity contribution in [1.29, 1.82) is 0 Å². The van der Waals surface area contributed by atoms with Crippen LogP contribution in [0.5, 0.6) is 5.75 Å². The van der Waals surface area contributed by atoms with E-state index in [1.807, 2.05) is 0 Å². The highest BCUT2D eigenvalue weighted by Gasteiger charge is 2.11. The summed E-state index contributed by atoms with van der Waals surface area (Å²) >= 11 is 3.31. The minimum Gasteiger partial charge on any atom is -0.484 e. The summed E-state index contributed by atoms with van der Waals surface area (Å²) in [5, 5.41) is 0. The zero-order chi connectivity index (χ0) is 14.5. The summed E-state index contributed by atoms with van der Waals surface area (Å²) in [5.74, 6) is 0.664. The van der Waals surface area contributed by atoms with Gasteiger partial charge in [0.25, 0.3) is 0 Å². The van der Waals surface area contributed by atoms with Crippen molar-refractivity contribution in [2.75, 3.05) is 7.11 Å². The van der Waals surface area contributed by atoms with Crippen LogP contribution in [0, 0.1) is 0 Å². The normalized spacial score (nSPS) is 10.1. The van der Waals surface area contributed by atoms with Gasteiger partial charge in [-0.2, -0.15) is 0 Å². The quantitative estimate of drug-likeness (QED) is 0.618. The molecule has 0 aliphatic carbocycles. The van der Waals surface area contributed by atoms with Crippen LogP contribution in [0.2, 0.25) is 0 Å². The smallest absolute Gasteiger partial charge is 0.373 e. The molecule has 0 spiro atoms. The first-order chi connectivity index (χ1) is 9.63. The Morgan fingerprint density at radius 2 is 2.15 bits per heavy atom. The molecule has 1 aromatic carbocycles. The number of aldehydes is 1. The molecule has 0 saturated carbocycles. The third-order valence-corrected chi connectivity index (χ3v) is 3.13. The Labute approximate surface area is 123 Å². The molecule has 2 aromatic rings. The highest BCUT2D eigenvalue weighted by atomic mass is 79.9. The maximum absolute atomic E-state index is 11.2. The predicted octanol–water partition coefficient (Wildman–Crippen LogP) is 3.22. The van der Waals surface area contributed by atoms with Crippen molar-refractivity contribution < 1.29 is 23.5 Å². The van der Waals surface area contributed by atoms with Crippen molar-refractivity contribution in [3.8, 4) is 5.75 Å². The third kappa shape index (κ3) is 3.27. The molecule has 0 N–H and O–H groups in total. The second-order valence-electron chi connectivity index (χ2n) is 3.85. The standard InChI is InChI=1S/C14H11BrO5/c1-18-14(17)13-5-3-10(20-13)8-19-12-4-2-9(7-16)6-11(12)15/h2-7H,8H2,1H3. The summed E-state index contributed by atoms with van der Waals surface area (Å²) in [4.78, 5) is 21.9. The summed E-state index contributed by atoms with van der Waals surface area (Å²) in [7, 11) is 1.28. The van der Waals surface area contributed by atoms with Gasteiger partial charge < -0.3 is 13.9 Å². The predicted molar refractivity (Wildman–Crippen MR) is 73.9 cm³/mol.